The van der Waals surface area contributed by atoms with Crippen molar-refractivity contribution in [1.82, 2.24) is 15.0 Å². The fourth-order valence-electron chi connectivity index (χ4n) is 3.24. The maximum absolute atomic E-state index is 13.3. The topological polar surface area (TPSA) is 88.1 Å². The molecule has 3 aromatic rings. The summed E-state index contributed by atoms with van der Waals surface area (Å²) >= 11 is 0. The second-order valence-electron chi connectivity index (χ2n) is 6.94. The van der Waals surface area contributed by atoms with Crippen LogP contribution in [-0.4, -0.2) is 35.7 Å². The van der Waals surface area contributed by atoms with Crippen LogP contribution in [-0.2, 0) is 22.7 Å². The minimum Gasteiger partial charge on any atom is -0.366 e. The molecule has 7 nitrogen and oxygen atoms in total. The van der Waals surface area contributed by atoms with E-state index in [0.29, 0.717) is 24.2 Å². The van der Waals surface area contributed by atoms with E-state index in [1.165, 1.54) is 16.6 Å². The Kier molecular flexibility index (Phi) is 5.52. The van der Waals surface area contributed by atoms with Crippen LogP contribution in [0.2, 0.25) is 0 Å². The first kappa shape index (κ1) is 21.0. The summed E-state index contributed by atoms with van der Waals surface area (Å²) in [5, 5.41) is 2.88. The molecule has 1 aromatic carbocycles. The molecule has 1 aliphatic heterocycles. The van der Waals surface area contributed by atoms with Crippen LogP contribution in [0.3, 0.4) is 0 Å². The fourth-order valence-corrected chi connectivity index (χ4v) is 4.79. The molecular formula is C20H18F3N5O2S. The highest BCUT2D eigenvalue weighted by molar-refractivity contribution is 7.93. The van der Waals surface area contributed by atoms with Crippen molar-refractivity contribution in [3.05, 3.63) is 66.0 Å². The number of benzene rings is 1. The third kappa shape index (κ3) is 4.76. The summed E-state index contributed by atoms with van der Waals surface area (Å²) in [5.74, 6) is -0.0514. The average Bonchev–Trinajstić information content (AvgIpc) is 3.11. The van der Waals surface area contributed by atoms with Crippen LogP contribution >= 0.6 is 0 Å². The predicted octanol–water partition coefficient (Wildman–Crippen LogP) is 3.71. The van der Waals surface area contributed by atoms with Crippen molar-refractivity contribution in [1.29, 1.82) is 0 Å². The molecule has 0 atom stereocenters. The Hall–Kier alpha value is -3.21. The summed E-state index contributed by atoms with van der Waals surface area (Å²) in [5.41, 5.74) is 0.372. The highest BCUT2D eigenvalue weighted by Crippen LogP contribution is 2.31. The number of rotatable bonds is 5. The van der Waals surface area contributed by atoms with Gasteiger partial charge in [-0.3, -0.25) is 9.29 Å². The molecule has 1 fully saturated rings. The summed E-state index contributed by atoms with van der Waals surface area (Å²) in [6, 6.07) is 12.5. The molecule has 0 saturated carbocycles. The van der Waals surface area contributed by atoms with Crippen LogP contribution in [0.25, 0.3) is 11.5 Å². The van der Waals surface area contributed by atoms with Gasteiger partial charge in [0, 0.05) is 25.4 Å². The van der Waals surface area contributed by atoms with E-state index in [-0.39, 0.29) is 29.6 Å². The van der Waals surface area contributed by atoms with Crippen LogP contribution in [0.1, 0.15) is 17.7 Å². The van der Waals surface area contributed by atoms with Gasteiger partial charge in [-0.25, -0.2) is 18.4 Å². The van der Waals surface area contributed by atoms with Crippen LogP contribution in [0, 0.1) is 0 Å². The van der Waals surface area contributed by atoms with Crippen molar-refractivity contribution in [3.63, 3.8) is 0 Å². The van der Waals surface area contributed by atoms with Crippen molar-refractivity contribution >= 4 is 21.5 Å². The van der Waals surface area contributed by atoms with E-state index in [1.807, 2.05) is 0 Å². The minimum atomic E-state index is -4.65. The van der Waals surface area contributed by atoms with Crippen LogP contribution in [0.5, 0.6) is 0 Å². The Bertz CT molecular complexity index is 1190. The lowest BCUT2D eigenvalue weighted by molar-refractivity contribution is -0.141. The van der Waals surface area contributed by atoms with Crippen LogP contribution in [0.15, 0.2) is 54.7 Å². The summed E-state index contributed by atoms with van der Waals surface area (Å²) in [7, 11) is -3.32. The number of nitrogens with one attached hydrogen (secondary N) is 1. The van der Waals surface area contributed by atoms with E-state index in [9.17, 15) is 21.6 Å². The molecule has 31 heavy (non-hydrogen) atoms. The van der Waals surface area contributed by atoms with Gasteiger partial charge in [0.1, 0.15) is 11.5 Å². The minimum absolute atomic E-state index is 0.0119. The Morgan fingerprint density at radius 1 is 1.06 bits per heavy atom. The number of hydrogen-bond donors (Lipinski definition) is 1. The molecule has 4 rings (SSSR count). The van der Waals surface area contributed by atoms with Crippen LogP contribution in [0.4, 0.5) is 24.7 Å². The zero-order chi connectivity index (χ0) is 22.1. The molecule has 0 unspecified atom stereocenters. The van der Waals surface area contributed by atoms with E-state index in [4.69, 9.17) is 0 Å². The summed E-state index contributed by atoms with van der Waals surface area (Å²) in [6.45, 7) is 0.561. The first-order valence-electron chi connectivity index (χ1n) is 9.43. The van der Waals surface area contributed by atoms with Gasteiger partial charge in [0.25, 0.3) is 0 Å². The van der Waals surface area contributed by atoms with E-state index in [1.54, 1.807) is 36.4 Å². The third-order valence-electron chi connectivity index (χ3n) is 4.68. The number of nitrogens with zero attached hydrogens (tertiary/aromatic N) is 4. The Labute approximate surface area is 177 Å². The van der Waals surface area contributed by atoms with Crippen LogP contribution < -0.4 is 9.62 Å². The number of aromatic nitrogens is 3. The van der Waals surface area contributed by atoms with Crippen molar-refractivity contribution < 1.29 is 21.6 Å². The normalized spacial score (nSPS) is 15.8. The smallest absolute Gasteiger partial charge is 0.366 e. The van der Waals surface area contributed by atoms with Gasteiger partial charge in [0.2, 0.25) is 10.0 Å². The summed E-state index contributed by atoms with van der Waals surface area (Å²) in [4.78, 5) is 11.8. The highest BCUT2D eigenvalue weighted by Gasteiger charge is 2.34. The van der Waals surface area contributed by atoms with Gasteiger partial charge in [0.05, 0.1) is 11.4 Å². The molecule has 0 spiro atoms. The lowest BCUT2D eigenvalue weighted by Gasteiger charge is -2.18. The highest BCUT2D eigenvalue weighted by atomic mass is 32.2. The lowest BCUT2D eigenvalue weighted by Crippen LogP contribution is -2.25. The maximum atomic E-state index is 13.3. The standard InChI is InChI=1S/C20H18F3N5O2S/c21-20(22,23)17-12-18(27-19(26-17)16-7-1-2-8-24-16)25-13-14-5-3-6-15(11-14)28-9-4-10-31(28,29)30/h1-3,5-8,11-12H,4,9-10,13H2,(H,25,26,27). The van der Waals surface area contributed by atoms with Crippen molar-refractivity contribution in [3.8, 4) is 11.5 Å². The van der Waals surface area contributed by atoms with E-state index >= 15 is 0 Å². The molecule has 11 heteroatoms. The largest absolute Gasteiger partial charge is 0.433 e. The molecule has 0 bridgehead atoms. The number of pyridine rings is 1. The molecule has 1 N–H and O–H groups in total. The van der Waals surface area contributed by atoms with Crippen molar-refractivity contribution in [2.45, 2.75) is 19.1 Å². The first-order valence-corrected chi connectivity index (χ1v) is 11.0. The molecule has 2 aromatic heterocycles. The second-order valence-corrected chi connectivity index (χ2v) is 8.95. The first-order chi connectivity index (χ1) is 14.7. The zero-order valence-electron chi connectivity index (χ0n) is 16.2. The van der Waals surface area contributed by atoms with Gasteiger partial charge >= 0.3 is 6.18 Å². The predicted molar refractivity (Wildman–Crippen MR) is 110 cm³/mol. The summed E-state index contributed by atoms with van der Waals surface area (Å²) in [6.07, 6.45) is -2.64. The molecule has 162 valence electrons. The number of alkyl halides is 3. The quantitative estimate of drug-likeness (QED) is 0.639. The summed E-state index contributed by atoms with van der Waals surface area (Å²) < 4.78 is 65.6. The molecule has 1 aliphatic rings. The van der Waals surface area contributed by atoms with E-state index < -0.39 is 21.9 Å². The Morgan fingerprint density at radius 3 is 2.58 bits per heavy atom. The van der Waals surface area contributed by atoms with E-state index in [0.717, 1.165) is 6.07 Å². The lowest BCUT2D eigenvalue weighted by atomic mass is 10.2. The SMILES string of the molecule is O=S1(=O)CCCN1c1cccc(CNc2cc(C(F)(F)F)nc(-c3ccccn3)n2)c1. The molecule has 1 saturated heterocycles. The third-order valence-corrected chi connectivity index (χ3v) is 6.55. The van der Waals surface area contributed by atoms with Gasteiger partial charge in [-0.05, 0) is 36.2 Å². The number of sulfonamides is 1. The van der Waals surface area contributed by atoms with E-state index in [2.05, 4.69) is 20.3 Å². The number of halogens is 3. The van der Waals surface area contributed by atoms with Gasteiger partial charge in [-0.2, -0.15) is 13.2 Å². The van der Waals surface area contributed by atoms with Crippen molar-refractivity contribution in [2.75, 3.05) is 21.9 Å². The second kappa shape index (κ2) is 8.14. The Balaban J connectivity index is 1.59. The molecule has 0 radical (unpaired) electrons. The number of hydrogen-bond acceptors (Lipinski definition) is 6. The zero-order valence-corrected chi connectivity index (χ0v) is 17.0. The molecular weight excluding hydrogens is 431 g/mol. The van der Waals surface area contributed by atoms with Gasteiger partial charge in [-0.15, -0.1) is 0 Å². The van der Waals surface area contributed by atoms with Gasteiger partial charge < -0.3 is 5.32 Å². The number of anilines is 2. The monoisotopic (exact) mass is 449 g/mol. The van der Waals surface area contributed by atoms with Gasteiger partial charge in [-0.1, -0.05) is 18.2 Å². The average molecular weight is 449 g/mol. The fraction of sp³-hybridized carbons (Fsp3) is 0.250. The van der Waals surface area contributed by atoms with Gasteiger partial charge in [0.15, 0.2) is 11.5 Å². The maximum Gasteiger partial charge on any atom is 0.433 e. The molecule has 0 aliphatic carbocycles. The molecule has 3 heterocycles. The Morgan fingerprint density at radius 2 is 1.90 bits per heavy atom. The molecule has 0 amide bonds. The van der Waals surface area contributed by atoms with Crippen molar-refractivity contribution in [2.24, 2.45) is 0 Å².